The van der Waals surface area contributed by atoms with Crippen LogP contribution in [0.4, 0.5) is 5.82 Å². The first-order valence-corrected chi connectivity index (χ1v) is 5.99. The highest BCUT2D eigenvalue weighted by Gasteiger charge is 2.19. The molecule has 7 heteroatoms. The van der Waals surface area contributed by atoms with Gasteiger partial charge in [0, 0.05) is 0 Å². The Morgan fingerprint density at radius 3 is 2.87 bits per heavy atom. The van der Waals surface area contributed by atoms with Gasteiger partial charge in [-0.05, 0) is 32.5 Å². The normalized spacial score (nSPS) is 12.7. The molecule has 0 aliphatic heterocycles. The van der Waals surface area contributed by atoms with E-state index < -0.39 is 4.92 Å². The molecule has 0 radical (unpaired) electrons. The Morgan fingerprint density at radius 1 is 1.80 bits per heavy atom. The number of hydrogen-bond acceptors (Lipinski definition) is 4. The molecule has 0 spiro atoms. The van der Waals surface area contributed by atoms with Crippen molar-refractivity contribution in [3.05, 3.63) is 20.8 Å². The van der Waals surface area contributed by atoms with E-state index in [0.717, 1.165) is 12.2 Å². The van der Waals surface area contributed by atoms with Crippen LogP contribution in [-0.4, -0.2) is 20.5 Å². The minimum Gasteiger partial charge on any atom is -0.358 e. The van der Waals surface area contributed by atoms with Gasteiger partial charge in [-0.3, -0.25) is 0 Å². The summed E-state index contributed by atoms with van der Waals surface area (Å²) in [4.78, 5) is 10.0. The van der Waals surface area contributed by atoms with Crippen molar-refractivity contribution in [3.63, 3.8) is 0 Å². The van der Waals surface area contributed by atoms with Crippen molar-refractivity contribution in [2.75, 3.05) is 5.75 Å². The lowest BCUT2D eigenvalue weighted by Crippen LogP contribution is -2.12. The van der Waals surface area contributed by atoms with Crippen LogP contribution in [0.3, 0.4) is 0 Å². The Labute approximate surface area is 102 Å². The van der Waals surface area contributed by atoms with Gasteiger partial charge in [0.1, 0.15) is 4.47 Å². The third kappa shape index (κ3) is 3.20. The topological polar surface area (TPSA) is 61.0 Å². The zero-order chi connectivity index (χ0) is 11.4. The molecule has 0 amide bonds. The van der Waals surface area contributed by atoms with Gasteiger partial charge in [0.15, 0.2) is 0 Å². The van der Waals surface area contributed by atoms with Crippen LogP contribution in [0.15, 0.2) is 10.7 Å². The number of nitrogens with zero attached hydrogens (tertiary/aromatic N) is 3. The summed E-state index contributed by atoms with van der Waals surface area (Å²) in [6.45, 7) is 2.72. The van der Waals surface area contributed by atoms with Gasteiger partial charge < -0.3 is 10.1 Å². The first-order chi connectivity index (χ1) is 7.08. The van der Waals surface area contributed by atoms with E-state index in [1.165, 1.54) is 0 Å². The Balaban J connectivity index is 2.79. The molecule has 1 aromatic heterocycles. The molecule has 15 heavy (non-hydrogen) atoms. The van der Waals surface area contributed by atoms with Gasteiger partial charge in [-0.15, -0.1) is 0 Å². The summed E-state index contributed by atoms with van der Waals surface area (Å²) in [7, 11) is 0. The zero-order valence-corrected chi connectivity index (χ0v) is 10.7. The summed E-state index contributed by atoms with van der Waals surface area (Å²) < 4.78 is 2.01. The van der Waals surface area contributed by atoms with Crippen molar-refractivity contribution in [1.82, 2.24) is 9.78 Å². The molecule has 0 aromatic carbocycles. The number of nitro groups is 1. The van der Waals surface area contributed by atoms with Crippen molar-refractivity contribution in [3.8, 4) is 0 Å². The van der Waals surface area contributed by atoms with E-state index >= 15 is 0 Å². The molecular weight excluding hydrogens is 282 g/mol. The Kier molecular flexibility index (Phi) is 4.59. The van der Waals surface area contributed by atoms with Crippen molar-refractivity contribution in [2.45, 2.75) is 19.9 Å². The molecule has 0 saturated carbocycles. The van der Waals surface area contributed by atoms with E-state index in [1.54, 1.807) is 10.9 Å². The van der Waals surface area contributed by atoms with E-state index in [2.05, 4.69) is 40.6 Å². The Hall–Kier alpha value is -0.560. The van der Waals surface area contributed by atoms with Crippen LogP contribution < -0.4 is 0 Å². The smallest absolute Gasteiger partial charge is 0.358 e. The predicted octanol–water partition coefficient (Wildman–Crippen LogP) is 2.51. The molecule has 0 bridgehead atoms. The maximum absolute atomic E-state index is 10.5. The molecule has 1 heterocycles. The van der Waals surface area contributed by atoms with Gasteiger partial charge in [-0.2, -0.15) is 17.3 Å². The van der Waals surface area contributed by atoms with Gasteiger partial charge >= 0.3 is 5.82 Å². The number of hydrogen-bond donors (Lipinski definition) is 1. The second kappa shape index (κ2) is 5.50. The standard InChI is InChI=1S/C8H12BrN3O2S/c1-2-6(5-15)3-11-4-7(9)8(10-11)12(13)14/h4,6,15H,2-3,5H2,1H3. The van der Waals surface area contributed by atoms with Gasteiger partial charge in [-0.1, -0.05) is 13.3 Å². The molecule has 5 nitrogen and oxygen atoms in total. The van der Waals surface area contributed by atoms with Crippen LogP contribution >= 0.6 is 28.6 Å². The van der Waals surface area contributed by atoms with Crippen molar-refractivity contribution in [1.29, 1.82) is 0 Å². The van der Waals surface area contributed by atoms with Crippen molar-refractivity contribution >= 4 is 34.4 Å². The molecule has 1 rings (SSSR count). The molecule has 0 aliphatic rings. The van der Waals surface area contributed by atoms with E-state index in [4.69, 9.17) is 0 Å². The van der Waals surface area contributed by atoms with Crippen LogP contribution in [0.5, 0.6) is 0 Å². The minimum atomic E-state index is -0.498. The summed E-state index contributed by atoms with van der Waals surface area (Å²) in [6.07, 6.45) is 2.61. The van der Waals surface area contributed by atoms with Gasteiger partial charge in [-0.25, -0.2) is 0 Å². The van der Waals surface area contributed by atoms with E-state index in [0.29, 0.717) is 16.9 Å². The first kappa shape index (κ1) is 12.5. The molecular formula is C8H12BrN3O2S. The highest BCUT2D eigenvalue weighted by molar-refractivity contribution is 9.10. The van der Waals surface area contributed by atoms with E-state index in [9.17, 15) is 10.1 Å². The summed E-state index contributed by atoms with van der Waals surface area (Å²) in [5.41, 5.74) is 0. The SMILES string of the molecule is CCC(CS)Cn1cc(Br)c([N+](=O)[O-])n1. The highest BCUT2D eigenvalue weighted by atomic mass is 79.9. The summed E-state index contributed by atoms with van der Waals surface area (Å²) in [5.74, 6) is 1.01. The van der Waals surface area contributed by atoms with Gasteiger partial charge in [0.05, 0.1) is 17.8 Å². The largest absolute Gasteiger partial charge is 0.404 e. The van der Waals surface area contributed by atoms with Crippen molar-refractivity contribution < 1.29 is 4.92 Å². The summed E-state index contributed by atoms with van der Waals surface area (Å²) in [5, 5.41) is 14.4. The second-order valence-electron chi connectivity index (χ2n) is 3.24. The first-order valence-electron chi connectivity index (χ1n) is 4.56. The van der Waals surface area contributed by atoms with Crippen molar-refractivity contribution in [2.24, 2.45) is 5.92 Å². The van der Waals surface area contributed by atoms with Gasteiger partial charge in [0.2, 0.25) is 0 Å². The molecule has 0 fully saturated rings. The number of thiol groups is 1. The minimum absolute atomic E-state index is 0.135. The second-order valence-corrected chi connectivity index (χ2v) is 4.46. The maximum atomic E-state index is 10.5. The summed E-state index contributed by atoms with van der Waals surface area (Å²) in [6, 6.07) is 0. The molecule has 1 unspecified atom stereocenters. The molecule has 0 N–H and O–H groups in total. The van der Waals surface area contributed by atoms with E-state index in [-0.39, 0.29) is 5.82 Å². The Bertz CT molecular complexity index is 352. The zero-order valence-electron chi connectivity index (χ0n) is 8.26. The van der Waals surface area contributed by atoms with E-state index in [1.807, 2.05) is 0 Å². The van der Waals surface area contributed by atoms with Crippen LogP contribution in [0, 0.1) is 16.0 Å². The average Bonchev–Trinajstić information content (AvgIpc) is 2.56. The third-order valence-corrected chi connectivity index (χ3v) is 3.23. The average molecular weight is 294 g/mol. The lowest BCUT2D eigenvalue weighted by Gasteiger charge is -2.08. The fourth-order valence-corrected chi connectivity index (χ4v) is 2.02. The lowest BCUT2D eigenvalue weighted by molar-refractivity contribution is -0.390. The summed E-state index contributed by atoms with van der Waals surface area (Å²) >= 11 is 7.32. The Morgan fingerprint density at radius 2 is 2.47 bits per heavy atom. The number of aromatic nitrogens is 2. The monoisotopic (exact) mass is 293 g/mol. The van der Waals surface area contributed by atoms with Crippen LogP contribution in [-0.2, 0) is 6.54 Å². The van der Waals surface area contributed by atoms with Gasteiger partial charge in [0.25, 0.3) is 0 Å². The maximum Gasteiger partial charge on any atom is 0.404 e. The highest BCUT2D eigenvalue weighted by Crippen LogP contribution is 2.22. The fraction of sp³-hybridized carbons (Fsp3) is 0.625. The van der Waals surface area contributed by atoms with Crippen LogP contribution in [0.1, 0.15) is 13.3 Å². The molecule has 1 atom stereocenters. The molecule has 0 saturated heterocycles. The number of halogens is 1. The number of rotatable bonds is 5. The lowest BCUT2D eigenvalue weighted by atomic mass is 10.1. The molecule has 1 aromatic rings. The molecule has 84 valence electrons. The molecule has 0 aliphatic carbocycles. The van der Waals surface area contributed by atoms with Crippen LogP contribution in [0.2, 0.25) is 0 Å². The predicted molar refractivity (Wildman–Crippen MR) is 64.2 cm³/mol. The van der Waals surface area contributed by atoms with Crippen LogP contribution in [0.25, 0.3) is 0 Å². The quantitative estimate of drug-likeness (QED) is 0.515. The fourth-order valence-electron chi connectivity index (χ4n) is 1.18. The third-order valence-electron chi connectivity index (χ3n) is 2.15.